The van der Waals surface area contributed by atoms with Crippen LogP contribution in [0.5, 0.6) is 0 Å². The van der Waals surface area contributed by atoms with Crippen molar-refractivity contribution in [3.63, 3.8) is 0 Å². The average Bonchev–Trinajstić information content (AvgIpc) is 2.38. The summed E-state index contributed by atoms with van der Waals surface area (Å²) in [6, 6.07) is 13.2. The van der Waals surface area contributed by atoms with Gasteiger partial charge in [0.15, 0.2) is 0 Å². The van der Waals surface area contributed by atoms with E-state index < -0.39 is 0 Å². The Morgan fingerprint density at radius 3 is 2.28 bits per heavy atom. The minimum atomic E-state index is -0.345. The van der Waals surface area contributed by atoms with Crippen molar-refractivity contribution in [2.45, 2.75) is 19.8 Å². The van der Waals surface area contributed by atoms with Gasteiger partial charge in [-0.15, -0.1) is 0 Å². The number of aromatic amines is 1. The third-order valence-electron chi connectivity index (χ3n) is 2.92. The number of H-pyrrole nitrogens is 1. The summed E-state index contributed by atoms with van der Waals surface area (Å²) in [6.45, 7) is 4.27. The quantitative estimate of drug-likeness (QED) is 0.874. The van der Waals surface area contributed by atoms with E-state index in [-0.39, 0.29) is 11.1 Å². The highest BCUT2D eigenvalue weighted by atomic mass is 16.1. The number of nitrogens with one attached hydrogen (secondary N) is 1. The Morgan fingerprint density at radius 1 is 1.11 bits per heavy atom. The fourth-order valence-corrected chi connectivity index (χ4v) is 1.78. The third kappa shape index (κ3) is 2.33. The summed E-state index contributed by atoms with van der Waals surface area (Å²) >= 11 is 0. The van der Waals surface area contributed by atoms with Gasteiger partial charge in [-0.2, -0.15) is 5.26 Å². The Morgan fingerprint density at radius 2 is 1.78 bits per heavy atom. The van der Waals surface area contributed by atoms with Crippen LogP contribution >= 0.6 is 0 Å². The number of nitriles is 1. The fraction of sp³-hybridized carbons (Fsp3) is 0.200. The molecule has 0 spiro atoms. The molecule has 0 amide bonds. The molecule has 0 radical (unpaired) electrons. The van der Waals surface area contributed by atoms with Crippen LogP contribution in [0.2, 0.25) is 0 Å². The summed E-state index contributed by atoms with van der Waals surface area (Å²) in [5.41, 5.74) is 2.73. The SMILES string of the molecule is CC(C)c1ccc(-c2ccc(C#N)c(=O)[nH]2)cc1. The molecule has 1 heterocycles. The second-order valence-corrected chi connectivity index (χ2v) is 4.50. The molecule has 0 saturated carbocycles. The van der Waals surface area contributed by atoms with Crippen LogP contribution in [-0.4, -0.2) is 4.98 Å². The van der Waals surface area contributed by atoms with E-state index in [4.69, 9.17) is 5.26 Å². The molecule has 0 aliphatic carbocycles. The third-order valence-corrected chi connectivity index (χ3v) is 2.92. The lowest BCUT2D eigenvalue weighted by atomic mass is 10.0. The van der Waals surface area contributed by atoms with E-state index in [1.54, 1.807) is 12.1 Å². The molecule has 2 aromatic rings. The van der Waals surface area contributed by atoms with E-state index in [0.29, 0.717) is 5.92 Å². The molecule has 0 saturated heterocycles. The second-order valence-electron chi connectivity index (χ2n) is 4.50. The monoisotopic (exact) mass is 238 g/mol. The van der Waals surface area contributed by atoms with E-state index in [2.05, 4.69) is 31.0 Å². The Bertz CT molecular complexity index is 645. The van der Waals surface area contributed by atoms with Crippen LogP contribution in [0.4, 0.5) is 0 Å². The summed E-state index contributed by atoms with van der Waals surface area (Å²) in [5.74, 6) is 0.485. The van der Waals surface area contributed by atoms with Crippen molar-refractivity contribution in [1.29, 1.82) is 5.26 Å². The zero-order valence-corrected chi connectivity index (χ0v) is 10.4. The van der Waals surface area contributed by atoms with Crippen molar-refractivity contribution in [1.82, 2.24) is 4.98 Å². The first-order valence-corrected chi connectivity index (χ1v) is 5.85. The number of aromatic nitrogens is 1. The van der Waals surface area contributed by atoms with Gasteiger partial charge in [-0.3, -0.25) is 4.79 Å². The molecule has 0 unspecified atom stereocenters. The Balaban J connectivity index is 2.41. The van der Waals surface area contributed by atoms with Crippen molar-refractivity contribution in [3.05, 3.63) is 57.9 Å². The van der Waals surface area contributed by atoms with Gasteiger partial charge < -0.3 is 4.98 Å². The molecule has 90 valence electrons. The normalized spacial score (nSPS) is 10.3. The van der Waals surface area contributed by atoms with Crippen LogP contribution < -0.4 is 5.56 Å². The summed E-state index contributed by atoms with van der Waals surface area (Å²) in [7, 11) is 0. The molecule has 3 heteroatoms. The molecule has 3 nitrogen and oxygen atoms in total. The van der Waals surface area contributed by atoms with E-state index in [1.807, 2.05) is 18.2 Å². The fourth-order valence-electron chi connectivity index (χ4n) is 1.78. The van der Waals surface area contributed by atoms with Gasteiger partial charge in [-0.25, -0.2) is 0 Å². The van der Waals surface area contributed by atoms with Gasteiger partial charge >= 0.3 is 0 Å². The Labute approximate surface area is 106 Å². The first kappa shape index (κ1) is 12.1. The van der Waals surface area contributed by atoms with Gasteiger partial charge in [0.05, 0.1) is 0 Å². The lowest BCUT2D eigenvalue weighted by molar-refractivity contribution is 0.867. The molecular weight excluding hydrogens is 224 g/mol. The number of nitrogens with zero attached hydrogens (tertiary/aromatic N) is 1. The van der Waals surface area contributed by atoms with Gasteiger partial charge in [-0.1, -0.05) is 38.1 Å². The van der Waals surface area contributed by atoms with Gasteiger partial charge in [0.2, 0.25) is 0 Å². The van der Waals surface area contributed by atoms with E-state index in [1.165, 1.54) is 5.56 Å². The van der Waals surface area contributed by atoms with Crippen molar-refractivity contribution < 1.29 is 0 Å². The topological polar surface area (TPSA) is 56.6 Å². The molecule has 0 aliphatic rings. The van der Waals surface area contributed by atoms with Crippen molar-refractivity contribution in [2.24, 2.45) is 0 Å². The lowest BCUT2D eigenvalue weighted by Crippen LogP contribution is -2.10. The minimum absolute atomic E-state index is 0.137. The standard InChI is InChI=1S/C15H14N2O/c1-10(2)11-3-5-12(6-4-11)14-8-7-13(9-16)15(18)17-14/h3-8,10H,1-2H3,(H,17,18). The molecule has 0 aliphatic heterocycles. The van der Waals surface area contributed by atoms with Gasteiger partial charge in [0.25, 0.3) is 5.56 Å². The van der Waals surface area contributed by atoms with Gasteiger partial charge in [0.1, 0.15) is 11.6 Å². The maximum atomic E-state index is 11.5. The summed E-state index contributed by atoms with van der Waals surface area (Å²) < 4.78 is 0. The predicted molar refractivity (Wildman–Crippen MR) is 71.3 cm³/mol. The molecule has 18 heavy (non-hydrogen) atoms. The van der Waals surface area contributed by atoms with Crippen LogP contribution in [-0.2, 0) is 0 Å². The highest BCUT2D eigenvalue weighted by molar-refractivity contribution is 5.60. The maximum Gasteiger partial charge on any atom is 0.266 e. The molecule has 0 bridgehead atoms. The molecule has 1 N–H and O–H groups in total. The van der Waals surface area contributed by atoms with Crippen LogP contribution in [0.25, 0.3) is 11.3 Å². The summed E-state index contributed by atoms with van der Waals surface area (Å²) in [5, 5.41) is 8.71. The first-order valence-electron chi connectivity index (χ1n) is 5.85. The Hall–Kier alpha value is -2.34. The van der Waals surface area contributed by atoms with E-state index >= 15 is 0 Å². The molecular formula is C15H14N2O. The van der Waals surface area contributed by atoms with Gasteiger partial charge in [-0.05, 0) is 29.2 Å². The molecule has 1 aromatic carbocycles. The number of benzene rings is 1. The average molecular weight is 238 g/mol. The second kappa shape index (κ2) is 4.89. The lowest BCUT2D eigenvalue weighted by Gasteiger charge is -2.07. The van der Waals surface area contributed by atoms with Crippen LogP contribution in [0.15, 0.2) is 41.2 Å². The smallest absolute Gasteiger partial charge is 0.266 e. The number of hydrogen-bond acceptors (Lipinski definition) is 2. The van der Waals surface area contributed by atoms with Gasteiger partial charge in [0, 0.05) is 5.69 Å². The largest absolute Gasteiger partial charge is 0.321 e. The molecule has 0 fully saturated rings. The predicted octanol–water partition coefficient (Wildman–Crippen LogP) is 3.04. The van der Waals surface area contributed by atoms with Crippen LogP contribution in [0.3, 0.4) is 0 Å². The summed E-state index contributed by atoms with van der Waals surface area (Å²) in [4.78, 5) is 14.3. The maximum absolute atomic E-state index is 11.5. The van der Waals surface area contributed by atoms with E-state index in [9.17, 15) is 4.79 Å². The van der Waals surface area contributed by atoms with Crippen molar-refractivity contribution >= 4 is 0 Å². The molecule has 1 aromatic heterocycles. The molecule has 0 atom stereocenters. The highest BCUT2D eigenvalue weighted by Gasteiger charge is 2.03. The zero-order valence-electron chi connectivity index (χ0n) is 10.4. The highest BCUT2D eigenvalue weighted by Crippen LogP contribution is 2.20. The zero-order chi connectivity index (χ0) is 13.1. The van der Waals surface area contributed by atoms with Crippen molar-refractivity contribution in [3.8, 4) is 17.3 Å². The Kier molecular flexibility index (Phi) is 3.29. The van der Waals surface area contributed by atoms with Crippen molar-refractivity contribution in [2.75, 3.05) is 0 Å². The number of hydrogen-bond donors (Lipinski definition) is 1. The molecule has 2 rings (SSSR count). The minimum Gasteiger partial charge on any atom is -0.321 e. The van der Waals surface area contributed by atoms with Crippen LogP contribution in [0.1, 0.15) is 30.9 Å². The van der Waals surface area contributed by atoms with Crippen LogP contribution in [0, 0.1) is 11.3 Å². The van der Waals surface area contributed by atoms with E-state index in [0.717, 1.165) is 11.3 Å². The number of pyridine rings is 1. The first-order chi connectivity index (χ1) is 8.61. The number of rotatable bonds is 2. The summed E-state index contributed by atoms with van der Waals surface area (Å²) in [6.07, 6.45) is 0.